The SMILES string of the molecule is OC[C@@H](O)[C@@H](O)[C@@H](O)C(F)(F)C(F)(F)F. The fourth-order valence-corrected chi connectivity index (χ4v) is 0.701. The summed E-state index contributed by atoms with van der Waals surface area (Å²) in [6.45, 7) is -1.26. The fourth-order valence-electron chi connectivity index (χ4n) is 0.701. The van der Waals surface area contributed by atoms with Crippen molar-refractivity contribution in [1.29, 1.82) is 0 Å². The standard InChI is InChI=1S/C6H9F5O4/c7-5(8,6(9,10)11)4(15)3(14)2(13)1-12/h2-4,12-15H,1H2/t2-,3-,4-/m1/s1. The number of rotatable bonds is 4. The predicted molar refractivity (Wildman–Crippen MR) is 36.1 cm³/mol. The molecule has 0 aliphatic carbocycles. The summed E-state index contributed by atoms with van der Waals surface area (Å²) in [5.74, 6) is -5.57. The summed E-state index contributed by atoms with van der Waals surface area (Å²) < 4.78 is 59.6. The van der Waals surface area contributed by atoms with Gasteiger partial charge in [0.05, 0.1) is 6.61 Å². The summed E-state index contributed by atoms with van der Waals surface area (Å²) >= 11 is 0. The van der Waals surface area contributed by atoms with E-state index in [0.29, 0.717) is 0 Å². The summed E-state index contributed by atoms with van der Waals surface area (Å²) in [4.78, 5) is 0. The number of aliphatic hydroxyl groups is 4. The van der Waals surface area contributed by atoms with Gasteiger partial charge in [0.1, 0.15) is 12.2 Å². The van der Waals surface area contributed by atoms with Gasteiger partial charge in [0, 0.05) is 0 Å². The van der Waals surface area contributed by atoms with Gasteiger partial charge in [0.2, 0.25) is 0 Å². The van der Waals surface area contributed by atoms with Crippen LogP contribution in [-0.2, 0) is 0 Å². The van der Waals surface area contributed by atoms with Crippen LogP contribution in [0.4, 0.5) is 22.0 Å². The van der Waals surface area contributed by atoms with Gasteiger partial charge in [-0.2, -0.15) is 22.0 Å². The second-order valence-corrected chi connectivity index (χ2v) is 2.81. The average molecular weight is 240 g/mol. The molecule has 0 amide bonds. The van der Waals surface area contributed by atoms with E-state index in [4.69, 9.17) is 20.4 Å². The zero-order valence-corrected chi connectivity index (χ0v) is 7.12. The molecule has 0 saturated heterocycles. The molecule has 0 unspecified atom stereocenters. The second kappa shape index (κ2) is 4.56. The topological polar surface area (TPSA) is 80.9 Å². The third-order valence-electron chi connectivity index (χ3n) is 1.65. The summed E-state index contributed by atoms with van der Waals surface area (Å²) in [5, 5.41) is 33.9. The highest BCUT2D eigenvalue weighted by Crippen LogP contribution is 2.39. The lowest BCUT2D eigenvalue weighted by Crippen LogP contribution is -2.56. The third kappa shape index (κ3) is 2.97. The molecule has 0 spiro atoms. The number of hydrogen-bond acceptors (Lipinski definition) is 4. The summed E-state index contributed by atoms with van der Waals surface area (Å²) in [6.07, 6.45) is -14.7. The Hall–Kier alpha value is -0.510. The van der Waals surface area contributed by atoms with Gasteiger partial charge in [-0.3, -0.25) is 0 Å². The van der Waals surface area contributed by atoms with E-state index in [9.17, 15) is 22.0 Å². The molecular formula is C6H9F5O4. The zero-order valence-electron chi connectivity index (χ0n) is 7.12. The van der Waals surface area contributed by atoms with Crippen molar-refractivity contribution in [3.63, 3.8) is 0 Å². The van der Waals surface area contributed by atoms with Gasteiger partial charge in [-0.1, -0.05) is 0 Å². The molecule has 92 valence electrons. The van der Waals surface area contributed by atoms with E-state index < -0.39 is 37.0 Å². The smallest absolute Gasteiger partial charge is 0.394 e. The lowest BCUT2D eigenvalue weighted by atomic mass is 10.0. The van der Waals surface area contributed by atoms with Crippen molar-refractivity contribution >= 4 is 0 Å². The van der Waals surface area contributed by atoms with Crippen molar-refractivity contribution in [2.45, 2.75) is 30.4 Å². The van der Waals surface area contributed by atoms with Crippen molar-refractivity contribution < 1.29 is 42.4 Å². The number of hydrogen-bond donors (Lipinski definition) is 4. The Bertz CT molecular complexity index is 206. The molecule has 9 heteroatoms. The largest absolute Gasteiger partial charge is 0.456 e. The molecule has 0 saturated carbocycles. The van der Waals surface area contributed by atoms with Gasteiger partial charge >= 0.3 is 12.1 Å². The normalized spacial score (nSPS) is 19.8. The van der Waals surface area contributed by atoms with Crippen molar-refractivity contribution in [2.24, 2.45) is 0 Å². The van der Waals surface area contributed by atoms with E-state index in [1.165, 1.54) is 0 Å². The van der Waals surface area contributed by atoms with Crippen LogP contribution in [0.5, 0.6) is 0 Å². The molecular weight excluding hydrogens is 231 g/mol. The quantitative estimate of drug-likeness (QED) is 0.488. The first kappa shape index (κ1) is 14.5. The first-order valence-electron chi connectivity index (χ1n) is 3.65. The maximum Gasteiger partial charge on any atom is 0.456 e. The molecule has 3 atom stereocenters. The lowest BCUT2D eigenvalue weighted by Gasteiger charge is -2.29. The van der Waals surface area contributed by atoms with Crippen LogP contribution in [0.1, 0.15) is 0 Å². The molecule has 4 nitrogen and oxygen atoms in total. The summed E-state index contributed by atoms with van der Waals surface area (Å²) in [6, 6.07) is 0. The van der Waals surface area contributed by atoms with E-state index in [2.05, 4.69) is 0 Å². The summed E-state index contributed by atoms with van der Waals surface area (Å²) in [5.41, 5.74) is 0. The van der Waals surface area contributed by atoms with Crippen molar-refractivity contribution in [3.05, 3.63) is 0 Å². The maximum absolute atomic E-state index is 12.3. The second-order valence-electron chi connectivity index (χ2n) is 2.81. The Balaban J connectivity index is 4.77. The average Bonchev–Trinajstić information content (AvgIpc) is 2.12. The lowest BCUT2D eigenvalue weighted by molar-refractivity contribution is -0.327. The molecule has 0 aromatic carbocycles. The Morgan fingerprint density at radius 1 is 0.933 bits per heavy atom. The van der Waals surface area contributed by atoms with Crippen LogP contribution in [0.15, 0.2) is 0 Å². The van der Waals surface area contributed by atoms with Gasteiger partial charge < -0.3 is 20.4 Å². The maximum atomic E-state index is 12.3. The van der Waals surface area contributed by atoms with E-state index in [1.54, 1.807) is 0 Å². The molecule has 0 bridgehead atoms. The first-order valence-corrected chi connectivity index (χ1v) is 3.65. The highest BCUT2D eigenvalue weighted by molar-refractivity contribution is 4.91. The van der Waals surface area contributed by atoms with Crippen LogP contribution in [0.3, 0.4) is 0 Å². The van der Waals surface area contributed by atoms with Crippen molar-refractivity contribution in [3.8, 4) is 0 Å². The minimum Gasteiger partial charge on any atom is -0.394 e. The Kier molecular flexibility index (Phi) is 4.40. The molecule has 4 N–H and O–H groups in total. The van der Waals surface area contributed by atoms with E-state index in [-0.39, 0.29) is 0 Å². The van der Waals surface area contributed by atoms with E-state index >= 15 is 0 Å². The van der Waals surface area contributed by atoms with Gasteiger partial charge in [-0.15, -0.1) is 0 Å². The van der Waals surface area contributed by atoms with Crippen LogP contribution in [0, 0.1) is 0 Å². The Morgan fingerprint density at radius 2 is 1.33 bits per heavy atom. The fraction of sp³-hybridized carbons (Fsp3) is 1.00. The molecule has 0 heterocycles. The molecule has 0 aliphatic heterocycles. The van der Waals surface area contributed by atoms with Gasteiger partial charge in [-0.25, -0.2) is 0 Å². The number of halogens is 5. The van der Waals surface area contributed by atoms with Crippen LogP contribution in [0.25, 0.3) is 0 Å². The monoisotopic (exact) mass is 240 g/mol. The molecule has 0 aromatic rings. The molecule has 0 radical (unpaired) electrons. The van der Waals surface area contributed by atoms with Gasteiger partial charge in [-0.05, 0) is 0 Å². The minimum atomic E-state index is -6.05. The molecule has 0 aromatic heterocycles. The predicted octanol–water partition coefficient (Wildman–Crippen LogP) is -0.741. The number of aliphatic hydroxyl groups excluding tert-OH is 4. The molecule has 0 aliphatic rings. The van der Waals surface area contributed by atoms with Gasteiger partial charge in [0.25, 0.3) is 0 Å². The number of alkyl halides is 5. The van der Waals surface area contributed by atoms with Crippen LogP contribution in [0.2, 0.25) is 0 Å². The van der Waals surface area contributed by atoms with Crippen LogP contribution in [-0.4, -0.2) is 57.4 Å². The van der Waals surface area contributed by atoms with Crippen molar-refractivity contribution in [2.75, 3.05) is 6.61 Å². The third-order valence-corrected chi connectivity index (χ3v) is 1.65. The molecule has 15 heavy (non-hydrogen) atoms. The van der Waals surface area contributed by atoms with Crippen LogP contribution < -0.4 is 0 Å². The first-order chi connectivity index (χ1) is 6.55. The van der Waals surface area contributed by atoms with Crippen LogP contribution >= 0.6 is 0 Å². The van der Waals surface area contributed by atoms with Crippen molar-refractivity contribution in [1.82, 2.24) is 0 Å². The highest BCUT2D eigenvalue weighted by atomic mass is 19.4. The Morgan fingerprint density at radius 3 is 1.60 bits per heavy atom. The molecule has 0 fully saturated rings. The van der Waals surface area contributed by atoms with E-state index in [1.807, 2.05) is 0 Å². The molecule has 0 rings (SSSR count). The summed E-state index contributed by atoms with van der Waals surface area (Å²) in [7, 11) is 0. The van der Waals surface area contributed by atoms with Gasteiger partial charge in [0.15, 0.2) is 6.10 Å². The minimum absolute atomic E-state index is 1.26. The zero-order chi connectivity index (χ0) is 12.4. The highest BCUT2D eigenvalue weighted by Gasteiger charge is 2.64. The van der Waals surface area contributed by atoms with E-state index in [0.717, 1.165) is 0 Å². The Labute approximate surface area is 80.6 Å².